The first-order valence-corrected chi connectivity index (χ1v) is 15.0. The van der Waals surface area contributed by atoms with Crippen LogP contribution in [0.5, 0.6) is 23.0 Å². The number of para-hydroxylation sites is 4. The predicted molar refractivity (Wildman–Crippen MR) is 164 cm³/mol. The maximum Gasteiger partial charge on any atom is 0.126 e. The summed E-state index contributed by atoms with van der Waals surface area (Å²) in [6.45, 7) is 3.57. The average Bonchev–Trinajstić information content (AvgIpc) is 3.00. The second-order valence-electron chi connectivity index (χ2n) is 10.9. The second kappa shape index (κ2) is 14.0. The van der Waals surface area contributed by atoms with Crippen LogP contribution in [0.4, 0.5) is 0 Å². The molecular weight excluding hydrogens is 544 g/mol. The summed E-state index contributed by atoms with van der Waals surface area (Å²) in [4.78, 5) is 0. The molecule has 0 saturated carbocycles. The summed E-state index contributed by atoms with van der Waals surface area (Å²) < 4.78 is 30.0. The third kappa shape index (κ3) is 6.96. The predicted octanol–water partition coefficient (Wildman–Crippen LogP) is 5.60. The van der Waals surface area contributed by atoms with Crippen LogP contribution in [0.1, 0.15) is 44.5 Å². The number of rotatable bonds is 0. The second-order valence-corrected chi connectivity index (χ2v) is 10.9. The maximum absolute atomic E-state index is 11.4. The van der Waals surface area contributed by atoms with E-state index in [2.05, 4.69) is 24.3 Å². The van der Waals surface area contributed by atoms with Crippen LogP contribution in [0.3, 0.4) is 0 Å². The standard InChI is InChI=1S/C36H38O7/c37-33-25-5-1-7-27(33)22-29-9-3-11-31-24-32-12-4-10-30(23-28-8-2-6-26(21-25)34(28)38)36(32)43-20-18-41-16-14-39-13-15-40-17-19-42-35(29)31/h1-12,37-38H,13-24H2. The lowest BCUT2D eigenvalue weighted by atomic mass is 9.91. The minimum Gasteiger partial charge on any atom is -0.507 e. The van der Waals surface area contributed by atoms with Crippen LogP contribution in [0.15, 0.2) is 72.8 Å². The normalized spacial score (nSPS) is 16.5. The highest BCUT2D eigenvalue weighted by Crippen LogP contribution is 2.38. The summed E-state index contributed by atoms with van der Waals surface area (Å²) in [5, 5.41) is 22.7. The fraction of sp³-hybridized carbons (Fsp3) is 0.333. The zero-order chi connectivity index (χ0) is 29.4. The number of phenols is 2. The minimum atomic E-state index is 0.239. The Hall–Kier alpha value is -4.04. The molecule has 4 aromatic carbocycles. The molecule has 1 aliphatic carbocycles. The molecule has 0 saturated heterocycles. The van der Waals surface area contributed by atoms with Gasteiger partial charge < -0.3 is 33.9 Å². The van der Waals surface area contributed by atoms with Crippen molar-refractivity contribution in [3.8, 4) is 23.0 Å². The van der Waals surface area contributed by atoms with Gasteiger partial charge >= 0.3 is 0 Å². The maximum atomic E-state index is 11.4. The Morgan fingerprint density at radius 3 is 0.953 bits per heavy atom. The number of fused-ring (bicyclic) bond motifs is 4. The lowest BCUT2D eigenvalue weighted by Crippen LogP contribution is -2.16. The van der Waals surface area contributed by atoms with E-state index in [0.29, 0.717) is 78.5 Å². The molecule has 1 heterocycles. The SMILES string of the molecule is Oc1c2cccc1Cc1cccc3c1OCCOCCOCCOCCOc1c(cccc1C3)Cc1cccc(c1O)C2. The smallest absolute Gasteiger partial charge is 0.126 e. The van der Waals surface area contributed by atoms with Gasteiger partial charge in [0.2, 0.25) is 0 Å². The molecule has 1 aliphatic heterocycles. The van der Waals surface area contributed by atoms with Crippen molar-refractivity contribution in [2.75, 3.05) is 52.9 Å². The van der Waals surface area contributed by atoms with Gasteiger partial charge in [0.1, 0.15) is 36.2 Å². The zero-order valence-corrected chi connectivity index (χ0v) is 24.3. The minimum absolute atomic E-state index is 0.239. The van der Waals surface area contributed by atoms with Crippen molar-refractivity contribution in [2.24, 2.45) is 0 Å². The topological polar surface area (TPSA) is 86.6 Å². The molecule has 6 rings (SSSR count). The molecule has 2 N–H and O–H groups in total. The molecule has 0 aromatic heterocycles. The van der Waals surface area contributed by atoms with Crippen LogP contribution < -0.4 is 9.47 Å². The first-order valence-electron chi connectivity index (χ1n) is 15.0. The number of ether oxygens (including phenoxy) is 5. The largest absolute Gasteiger partial charge is 0.507 e. The van der Waals surface area contributed by atoms with Crippen molar-refractivity contribution in [2.45, 2.75) is 25.7 Å². The number of hydrogen-bond acceptors (Lipinski definition) is 7. The molecule has 2 aliphatic rings. The molecule has 0 spiro atoms. The van der Waals surface area contributed by atoms with Gasteiger partial charge in [0.05, 0.1) is 39.6 Å². The molecule has 224 valence electrons. The Morgan fingerprint density at radius 2 is 0.605 bits per heavy atom. The van der Waals surface area contributed by atoms with Crippen molar-refractivity contribution in [3.63, 3.8) is 0 Å². The summed E-state index contributed by atoms with van der Waals surface area (Å²) in [5.41, 5.74) is 7.13. The van der Waals surface area contributed by atoms with Gasteiger partial charge in [0, 0.05) is 25.7 Å². The Kier molecular flexibility index (Phi) is 9.43. The molecule has 10 bridgehead atoms. The lowest BCUT2D eigenvalue weighted by Gasteiger charge is -2.21. The number of benzene rings is 4. The van der Waals surface area contributed by atoms with E-state index >= 15 is 0 Å². The fourth-order valence-electron chi connectivity index (χ4n) is 5.83. The third-order valence-electron chi connectivity index (χ3n) is 7.98. The van der Waals surface area contributed by atoms with Crippen LogP contribution >= 0.6 is 0 Å². The summed E-state index contributed by atoms with van der Waals surface area (Å²) in [6, 6.07) is 24.0. The molecule has 0 amide bonds. The van der Waals surface area contributed by atoms with E-state index in [1.807, 2.05) is 48.5 Å². The number of phenolic OH excluding ortho intramolecular Hbond substituents is 2. The Morgan fingerprint density at radius 1 is 0.349 bits per heavy atom. The highest BCUT2D eigenvalue weighted by molar-refractivity contribution is 5.55. The molecular formula is C36H38O7. The highest BCUT2D eigenvalue weighted by Gasteiger charge is 2.20. The van der Waals surface area contributed by atoms with Crippen LogP contribution in [-0.2, 0) is 39.9 Å². The highest BCUT2D eigenvalue weighted by atomic mass is 16.6. The van der Waals surface area contributed by atoms with Gasteiger partial charge in [-0.05, 0) is 44.5 Å². The van der Waals surface area contributed by atoms with Crippen LogP contribution in [0.2, 0.25) is 0 Å². The first kappa shape index (κ1) is 29.1. The summed E-state index contributed by atoms with van der Waals surface area (Å²) in [7, 11) is 0. The zero-order valence-electron chi connectivity index (χ0n) is 24.3. The summed E-state index contributed by atoms with van der Waals surface area (Å²) >= 11 is 0. The summed E-state index contributed by atoms with van der Waals surface area (Å²) in [5.74, 6) is 2.07. The Balaban J connectivity index is 1.48. The lowest BCUT2D eigenvalue weighted by molar-refractivity contribution is 0.00474. The molecule has 43 heavy (non-hydrogen) atoms. The van der Waals surface area contributed by atoms with E-state index in [-0.39, 0.29) is 11.5 Å². The van der Waals surface area contributed by atoms with E-state index in [0.717, 1.165) is 56.0 Å². The molecule has 7 nitrogen and oxygen atoms in total. The van der Waals surface area contributed by atoms with Crippen LogP contribution in [0.25, 0.3) is 0 Å². The molecule has 0 unspecified atom stereocenters. The fourth-order valence-corrected chi connectivity index (χ4v) is 5.83. The van der Waals surface area contributed by atoms with E-state index < -0.39 is 0 Å². The van der Waals surface area contributed by atoms with Gasteiger partial charge in [-0.25, -0.2) is 0 Å². The molecule has 0 atom stereocenters. The quantitative estimate of drug-likeness (QED) is 0.246. The third-order valence-corrected chi connectivity index (χ3v) is 7.98. The average molecular weight is 583 g/mol. The van der Waals surface area contributed by atoms with Crippen molar-refractivity contribution in [1.82, 2.24) is 0 Å². The van der Waals surface area contributed by atoms with E-state index in [1.165, 1.54) is 0 Å². The first-order chi connectivity index (χ1) is 21.2. The van der Waals surface area contributed by atoms with E-state index in [4.69, 9.17) is 23.7 Å². The molecule has 0 fully saturated rings. The van der Waals surface area contributed by atoms with E-state index in [9.17, 15) is 10.2 Å². The molecule has 7 heteroatoms. The van der Waals surface area contributed by atoms with Crippen molar-refractivity contribution >= 4 is 0 Å². The molecule has 4 aromatic rings. The van der Waals surface area contributed by atoms with Gasteiger partial charge in [-0.3, -0.25) is 0 Å². The monoisotopic (exact) mass is 582 g/mol. The Bertz CT molecular complexity index is 1430. The molecule has 0 radical (unpaired) electrons. The van der Waals surface area contributed by atoms with Crippen molar-refractivity contribution in [3.05, 3.63) is 117 Å². The van der Waals surface area contributed by atoms with Gasteiger partial charge in [-0.1, -0.05) is 72.8 Å². The van der Waals surface area contributed by atoms with Crippen LogP contribution in [0, 0.1) is 0 Å². The van der Waals surface area contributed by atoms with Crippen molar-refractivity contribution < 1.29 is 33.9 Å². The van der Waals surface area contributed by atoms with Gasteiger partial charge in [0.25, 0.3) is 0 Å². The Labute approximate surface area is 252 Å². The summed E-state index contributed by atoms with van der Waals surface area (Å²) in [6.07, 6.45) is 1.97. The van der Waals surface area contributed by atoms with Gasteiger partial charge in [-0.15, -0.1) is 0 Å². The number of hydrogen-bond donors (Lipinski definition) is 2. The number of aromatic hydroxyl groups is 2. The van der Waals surface area contributed by atoms with E-state index in [1.54, 1.807) is 0 Å². The van der Waals surface area contributed by atoms with Crippen molar-refractivity contribution in [1.29, 1.82) is 0 Å². The van der Waals surface area contributed by atoms with Gasteiger partial charge in [0.15, 0.2) is 0 Å². The van der Waals surface area contributed by atoms with Gasteiger partial charge in [-0.2, -0.15) is 0 Å². The van der Waals surface area contributed by atoms with Crippen LogP contribution in [-0.4, -0.2) is 63.1 Å².